The molecule has 1 N–H and O–H groups in total. The van der Waals surface area contributed by atoms with Crippen LogP contribution in [0, 0.1) is 0 Å². The Labute approximate surface area is 145 Å². The van der Waals surface area contributed by atoms with Crippen LogP contribution in [0.15, 0.2) is 72.9 Å². The fourth-order valence-electron chi connectivity index (χ4n) is 3.08. The van der Waals surface area contributed by atoms with Crippen molar-refractivity contribution in [2.75, 3.05) is 17.3 Å². The lowest BCUT2D eigenvalue weighted by molar-refractivity contribution is 0.0973. The molecule has 0 aliphatic carbocycles. The van der Waals surface area contributed by atoms with Gasteiger partial charge in [0.25, 0.3) is 5.91 Å². The Morgan fingerprint density at radius 2 is 1.76 bits per heavy atom. The number of hydrogen-bond acceptors (Lipinski definition) is 4. The molecule has 0 unspecified atom stereocenters. The van der Waals surface area contributed by atoms with Gasteiger partial charge in [0.1, 0.15) is 5.75 Å². The summed E-state index contributed by atoms with van der Waals surface area (Å²) in [7, 11) is 1.60. The normalized spacial score (nSPS) is 16.1. The van der Waals surface area contributed by atoms with Crippen molar-refractivity contribution in [3.05, 3.63) is 84.2 Å². The van der Waals surface area contributed by atoms with Crippen molar-refractivity contribution >= 4 is 17.3 Å². The lowest BCUT2D eigenvalue weighted by atomic mass is 10.0. The molecule has 1 aliphatic heterocycles. The topological polar surface area (TPSA) is 54.5 Å². The van der Waals surface area contributed by atoms with Gasteiger partial charge in [0.2, 0.25) is 0 Å². The molecule has 1 aromatic heterocycles. The van der Waals surface area contributed by atoms with Crippen LogP contribution < -0.4 is 15.0 Å². The molecular formula is C20H17N3O2. The van der Waals surface area contributed by atoms with Crippen LogP contribution in [0.1, 0.15) is 22.2 Å². The van der Waals surface area contributed by atoms with Gasteiger partial charge in [0.15, 0.2) is 6.17 Å². The largest absolute Gasteiger partial charge is 0.495 e. The minimum Gasteiger partial charge on any atom is -0.495 e. The maximum absolute atomic E-state index is 13.3. The first-order valence-corrected chi connectivity index (χ1v) is 8.02. The highest BCUT2D eigenvalue weighted by molar-refractivity contribution is 6.12. The van der Waals surface area contributed by atoms with Crippen LogP contribution >= 0.6 is 0 Å². The van der Waals surface area contributed by atoms with Crippen molar-refractivity contribution in [3.63, 3.8) is 0 Å². The van der Waals surface area contributed by atoms with Gasteiger partial charge < -0.3 is 10.1 Å². The summed E-state index contributed by atoms with van der Waals surface area (Å²) in [6.45, 7) is 0. The Bertz CT molecular complexity index is 912. The summed E-state index contributed by atoms with van der Waals surface area (Å²) in [6, 6.07) is 20.7. The lowest BCUT2D eigenvalue weighted by Gasteiger charge is -2.38. The second-order valence-corrected chi connectivity index (χ2v) is 5.69. The van der Waals surface area contributed by atoms with Crippen LogP contribution in [0.25, 0.3) is 0 Å². The van der Waals surface area contributed by atoms with Crippen LogP contribution in [-0.2, 0) is 0 Å². The number of methoxy groups -OCH3 is 1. The van der Waals surface area contributed by atoms with Crippen molar-refractivity contribution in [2.45, 2.75) is 6.17 Å². The van der Waals surface area contributed by atoms with E-state index in [-0.39, 0.29) is 5.91 Å². The molecule has 5 nitrogen and oxygen atoms in total. The molecular weight excluding hydrogens is 314 g/mol. The van der Waals surface area contributed by atoms with E-state index in [4.69, 9.17) is 4.74 Å². The van der Waals surface area contributed by atoms with E-state index in [0.29, 0.717) is 17.0 Å². The number of hydrogen-bond donors (Lipinski definition) is 1. The number of anilines is 2. The first kappa shape index (κ1) is 15.2. The lowest BCUT2D eigenvalue weighted by Crippen LogP contribution is -2.43. The molecule has 25 heavy (non-hydrogen) atoms. The van der Waals surface area contributed by atoms with Crippen molar-refractivity contribution in [3.8, 4) is 5.75 Å². The zero-order chi connectivity index (χ0) is 17.2. The molecule has 4 rings (SSSR count). The number of amides is 1. The monoisotopic (exact) mass is 331 g/mol. The van der Waals surface area contributed by atoms with E-state index in [1.807, 2.05) is 66.7 Å². The summed E-state index contributed by atoms with van der Waals surface area (Å²) in [4.78, 5) is 19.4. The van der Waals surface area contributed by atoms with E-state index < -0.39 is 6.17 Å². The molecule has 0 fully saturated rings. The molecule has 2 heterocycles. The molecule has 1 aliphatic rings. The molecule has 0 saturated carbocycles. The van der Waals surface area contributed by atoms with Crippen molar-refractivity contribution < 1.29 is 9.53 Å². The average Bonchev–Trinajstić information content (AvgIpc) is 2.68. The summed E-state index contributed by atoms with van der Waals surface area (Å²) in [5, 5.41) is 3.43. The van der Waals surface area contributed by atoms with Crippen molar-refractivity contribution in [1.29, 1.82) is 0 Å². The number of nitrogens with zero attached hydrogens (tertiary/aromatic N) is 2. The molecule has 1 amide bonds. The number of aromatic nitrogens is 1. The van der Waals surface area contributed by atoms with Crippen LogP contribution in [0.3, 0.4) is 0 Å². The minimum atomic E-state index is -0.417. The molecule has 124 valence electrons. The van der Waals surface area contributed by atoms with E-state index in [1.165, 1.54) is 0 Å². The highest BCUT2D eigenvalue weighted by Gasteiger charge is 2.35. The second kappa shape index (κ2) is 6.28. The Morgan fingerprint density at radius 3 is 2.56 bits per heavy atom. The number of nitrogens with one attached hydrogen (secondary N) is 1. The number of carbonyl (C=O) groups is 1. The molecule has 0 bridgehead atoms. The number of fused-ring (bicyclic) bond motifs is 1. The molecule has 0 spiro atoms. The summed E-state index contributed by atoms with van der Waals surface area (Å²) in [6.07, 6.45) is 1.31. The summed E-state index contributed by atoms with van der Waals surface area (Å²) in [5.41, 5.74) is 2.89. The molecule has 2 aromatic carbocycles. The van der Waals surface area contributed by atoms with Crippen LogP contribution in [0.4, 0.5) is 11.4 Å². The number of rotatable bonds is 3. The minimum absolute atomic E-state index is 0.0884. The quantitative estimate of drug-likeness (QED) is 0.792. The Kier molecular flexibility index (Phi) is 3.82. The van der Waals surface area contributed by atoms with Gasteiger partial charge in [-0.15, -0.1) is 0 Å². The van der Waals surface area contributed by atoms with Crippen molar-refractivity contribution in [2.24, 2.45) is 0 Å². The zero-order valence-electron chi connectivity index (χ0n) is 13.7. The van der Waals surface area contributed by atoms with Crippen LogP contribution in [0.5, 0.6) is 5.75 Å². The van der Waals surface area contributed by atoms with E-state index in [1.54, 1.807) is 18.2 Å². The van der Waals surface area contributed by atoms with Gasteiger partial charge in [-0.2, -0.15) is 0 Å². The maximum Gasteiger partial charge on any atom is 0.262 e. The van der Waals surface area contributed by atoms with E-state index in [0.717, 1.165) is 11.4 Å². The van der Waals surface area contributed by atoms with Gasteiger partial charge in [-0.1, -0.05) is 30.3 Å². The predicted octanol–water partition coefficient (Wildman–Crippen LogP) is 3.86. The third-order valence-corrected chi connectivity index (χ3v) is 4.24. The van der Waals surface area contributed by atoms with Gasteiger partial charge in [-0.25, -0.2) is 0 Å². The third kappa shape index (κ3) is 2.59. The van der Waals surface area contributed by atoms with Crippen molar-refractivity contribution in [1.82, 2.24) is 4.98 Å². The smallest absolute Gasteiger partial charge is 0.262 e. The summed E-state index contributed by atoms with van der Waals surface area (Å²) in [5.74, 6) is 0.549. The summed E-state index contributed by atoms with van der Waals surface area (Å²) >= 11 is 0. The van der Waals surface area contributed by atoms with E-state index in [2.05, 4.69) is 10.3 Å². The van der Waals surface area contributed by atoms with Crippen LogP contribution in [-0.4, -0.2) is 18.0 Å². The van der Waals surface area contributed by atoms with E-state index in [9.17, 15) is 4.79 Å². The van der Waals surface area contributed by atoms with Gasteiger partial charge >= 0.3 is 0 Å². The number of pyridine rings is 1. The highest BCUT2D eigenvalue weighted by Crippen LogP contribution is 2.39. The number of para-hydroxylation sites is 3. The second-order valence-electron chi connectivity index (χ2n) is 5.69. The zero-order valence-corrected chi connectivity index (χ0v) is 13.7. The number of benzene rings is 2. The maximum atomic E-state index is 13.3. The fourth-order valence-corrected chi connectivity index (χ4v) is 3.08. The highest BCUT2D eigenvalue weighted by atomic mass is 16.5. The predicted molar refractivity (Wildman–Crippen MR) is 96.8 cm³/mol. The van der Waals surface area contributed by atoms with Crippen LogP contribution in [0.2, 0.25) is 0 Å². The number of ether oxygens (including phenoxy) is 1. The fraction of sp³-hybridized carbons (Fsp3) is 0.100. The Balaban J connectivity index is 1.90. The molecule has 1 atom stereocenters. The Morgan fingerprint density at radius 1 is 1.00 bits per heavy atom. The molecule has 3 aromatic rings. The third-order valence-electron chi connectivity index (χ3n) is 4.24. The standard InChI is InChI=1S/C20H17N3O2/c1-25-18-12-5-4-11-17(18)23-19(16-10-6-7-13-21-16)22-15-9-3-2-8-14(15)20(23)24/h2-13,19,22H,1H3/t19-/m0/s1. The van der Waals surface area contributed by atoms with E-state index >= 15 is 0 Å². The number of carbonyl (C=O) groups excluding carboxylic acids is 1. The SMILES string of the molecule is COc1ccccc1N1C(=O)c2ccccc2N[C@@H]1c1ccccn1. The van der Waals surface area contributed by atoms with Gasteiger partial charge in [-0.05, 0) is 36.4 Å². The summed E-state index contributed by atoms with van der Waals surface area (Å²) < 4.78 is 5.48. The van der Waals surface area contributed by atoms with Gasteiger partial charge in [-0.3, -0.25) is 14.7 Å². The molecule has 0 saturated heterocycles. The van der Waals surface area contributed by atoms with Gasteiger partial charge in [0, 0.05) is 11.9 Å². The Hall–Kier alpha value is -3.34. The average molecular weight is 331 g/mol. The molecule has 5 heteroatoms. The first-order valence-electron chi connectivity index (χ1n) is 8.02. The van der Waals surface area contributed by atoms with Gasteiger partial charge in [0.05, 0.1) is 24.1 Å². The first-order chi connectivity index (χ1) is 12.3. The molecule has 0 radical (unpaired) electrons.